The first kappa shape index (κ1) is 15.6. The maximum atomic E-state index is 12.4. The quantitative estimate of drug-likeness (QED) is 0.797. The average molecular weight is 326 g/mol. The summed E-state index contributed by atoms with van der Waals surface area (Å²) in [5, 5.41) is 7.22. The van der Waals surface area contributed by atoms with Crippen molar-refractivity contribution in [3.05, 3.63) is 59.0 Å². The van der Waals surface area contributed by atoms with E-state index in [9.17, 15) is 4.79 Å². The highest BCUT2D eigenvalue weighted by Gasteiger charge is 2.09. The van der Waals surface area contributed by atoms with Gasteiger partial charge in [0.05, 0.1) is 11.9 Å². The van der Waals surface area contributed by atoms with Crippen LogP contribution in [0.4, 0.5) is 5.69 Å². The lowest BCUT2D eigenvalue weighted by Gasteiger charge is -2.07. The lowest BCUT2D eigenvalue weighted by atomic mass is 10.1. The number of thioether (sulfide) groups is 1. The highest BCUT2D eigenvalue weighted by molar-refractivity contribution is 7.97. The number of nitrogens with one attached hydrogen (secondary N) is 1. The number of aryl methyl sites for hydroxylation is 2. The number of pyridine rings is 1. The van der Waals surface area contributed by atoms with Gasteiger partial charge < -0.3 is 5.32 Å². The number of carbonyl (C=O) groups excluding carboxylic acids is 1. The van der Waals surface area contributed by atoms with Gasteiger partial charge in [0, 0.05) is 11.3 Å². The van der Waals surface area contributed by atoms with Gasteiger partial charge in [0.25, 0.3) is 5.91 Å². The topological polar surface area (TPSA) is 59.3 Å². The maximum absolute atomic E-state index is 12.4. The summed E-state index contributed by atoms with van der Waals surface area (Å²) in [6, 6.07) is 9.59. The second-order valence-electron chi connectivity index (χ2n) is 5.42. The van der Waals surface area contributed by atoms with Crippen LogP contribution in [0, 0.1) is 13.8 Å². The van der Waals surface area contributed by atoms with E-state index in [0.29, 0.717) is 17.1 Å². The molecule has 0 bridgehead atoms. The molecule has 0 spiro atoms. The minimum absolute atomic E-state index is 0.128. The third kappa shape index (κ3) is 3.37. The Kier molecular flexibility index (Phi) is 4.34. The van der Waals surface area contributed by atoms with Crippen LogP contribution < -0.4 is 5.32 Å². The van der Waals surface area contributed by atoms with Crippen molar-refractivity contribution in [1.82, 2.24) is 14.6 Å². The van der Waals surface area contributed by atoms with E-state index >= 15 is 0 Å². The molecule has 0 aliphatic carbocycles. The number of nitrogens with zero attached hydrogens (tertiary/aromatic N) is 3. The number of anilines is 1. The first-order valence-electron chi connectivity index (χ1n) is 7.29. The molecular weight excluding hydrogens is 308 g/mol. The summed E-state index contributed by atoms with van der Waals surface area (Å²) in [4.78, 5) is 16.7. The van der Waals surface area contributed by atoms with E-state index in [1.807, 2.05) is 44.2 Å². The number of benzene rings is 1. The number of hydrogen-bond acceptors (Lipinski definition) is 4. The highest BCUT2D eigenvalue weighted by Crippen LogP contribution is 2.17. The summed E-state index contributed by atoms with van der Waals surface area (Å²) in [6.45, 7) is 3.80. The van der Waals surface area contributed by atoms with Crippen LogP contribution in [0.1, 0.15) is 27.3 Å². The Balaban J connectivity index is 1.82. The van der Waals surface area contributed by atoms with Crippen LogP contribution >= 0.6 is 11.8 Å². The van der Waals surface area contributed by atoms with Crippen LogP contribution in [0.2, 0.25) is 0 Å². The Morgan fingerprint density at radius 1 is 1.26 bits per heavy atom. The highest BCUT2D eigenvalue weighted by atomic mass is 32.2. The summed E-state index contributed by atoms with van der Waals surface area (Å²) in [5.74, 6) is 1.53. The molecule has 1 N–H and O–H groups in total. The van der Waals surface area contributed by atoms with Crippen molar-refractivity contribution in [3.63, 3.8) is 0 Å². The van der Waals surface area contributed by atoms with Gasteiger partial charge in [0.2, 0.25) is 0 Å². The summed E-state index contributed by atoms with van der Waals surface area (Å²) >= 11 is 1.76. The lowest BCUT2D eigenvalue weighted by Crippen LogP contribution is -2.12. The molecule has 2 heterocycles. The van der Waals surface area contributed by atoms with Crippen molar-refractivity contribution in [3.8, 4) is 0 Å². The third-order valence-electron chi connectivity index (χ3n) is 3.51. The summed E-state index contributed by atoms with van der Waals surface area (Å²) < 4.78 is 1.70. The Morgan fingerprint density at radius 3 is 2.70 bits per heavy atom. The monoisotopic (exact) mass is 326 g/mol. The first-order chi connectivity index (χ1) is 11.1. The van der Waals surface area contributed by atoms with Crippen molar-refractivity contribution in [2.24, 2.45) is 0 Å². The molecule has 3 rings (SSSR count). The van der Waals surface area contributed by atoms with Gasteiger partial charge in [0.1, 0.15) is 5.82 Å². The number of aromatic nitrogens is 3. The lowest BCUT2D eigenvalue weighted by molar-refractivity contribution is 0.102. The molecule has 1 amide bonds. The third-order valence-corrected chi connectivity index (χ3v) is 4.13. The molecule has 0 unspecified atom stereocenters. The van der Waals surface area contributed by atoms with Crippen molar-refractivity contribution in [2.45, 2.75) is 19.6 Å². The molecule has 1 aromatic carbocycles. The zero-order valence-corrected chi connectivity index (χ0v) is 14.1. The maximum Gasteiger partial charge on any atom is 0.255 e. The molecule has 0 aliphatic heterocycles. The van der Waals surface area contributed by atoms with E-state index in [-0.39, 0.29) is 5.91 Å². The molecule has 5 nitrogen and oxygen atoms in total. The number of hydrogen-bond donors (Lipinski definition) is 1. The average Bonchev–Trinajstić information content (AvgIpc) is 2.89. The molecule has 118 valence electrons. The summed E-state index contributed by atoms with van der Waals surface area (Å²) in [7, 11) is 0. The van der Waals surface area contributed by atoms with E-state index in [2.05, 4.69) is 21.7 Å². The van der Waals surface area contributed by atoms with E-state index in [4.69, 9.17) is 0 Å². The van der Waals surface area contributed by atoms with Crippen LogP contribution in [0.5, 0.6) is 0 Å². The molecule has 0 atom stereocenters. The number of amides is 1. The van der Waals surface area contributed by atoms with E-state index in [1.165, 1.54) is 5.56 Å². The Hall–Kier alpha value is -2.34. The Bertz CT molecular complexity index is 855. The molecule has 0 saturated carbocycles. The van der Waals surface area contributed by atoms with Gasteiger partial charge in [-0.2, -0.15) is 16.9 Å². The second kappa shape index (κ2) is 6.42. The van der Waals surface area contributed by atoms with Gasteiger partial charge >= 0.3 is 0 Å². The minimum Gasteiger partial charge on any atom is -0.321 e. The van der Waals surface area contributed by atoms with Crippen LogP contribution in [0.25, 0.3) is 5.65 Å². The molecule has 0 saturated heterocycles. The van der Waals surface area contributed by atoms with Crippen LogP contribution in [-0.4, -0.2) is 26.8 Å². The van der Waals surface area contributed by atoms with Crippen molar-refractivity contribution >= 4 is 29.0 Å². The van der Waals surface area contributed by atoms with Gasteiger partial charge in [-0.05, 0) is 49.4 Å². The van der Waals surface area contributed by atoms with Gasteiger partial charge in [0.15, 0.2) is 5.65 Å². The Labute approximate surface area is 139 Å². The van der Waals surface area contributed by atoms with Crippen LogP contribution in [-0.2, 0) is 5.75 Å². The fourth-order valence-electron chi connectivity index (χ4n) is 2.45. The Morgan fingerprint density at radius 2 is 2.00 bits per heavy atom. The second-order valence-corrected chi connectivity index (χ2v) is 6.29. The van der Waals surface area contributed by atoms with Gasteiger partial charge in [-0.1, -0.05) is 12.1 Å². The van der Waals surface area contributed by atoms with Gasteiger partial charge in [-0.3, -0.25) is 4.79 Å². The van der Waals surface area contributed by atoms with Gasteiger partial charge in [-0.15, -0.1) is 0 Å². The number of fused-ring (bicyclic) bond motifs is 1. The van der Waals surface area contributed by atoms with Crippen LogP contribution in [0.15, 0.2) is 36.5 Å². The standard InChI is InChI=1S/C17H18N4OS/c1-11-8-15(9-21-16(11)18-12(2)20-21)19-17(22)14-6-4-13(5-7-14)10-23-3/h4-9H,10H2,1-3H3,(H,19,22). The fraction of sp³-hybridized carbons (Fsp3) is 0.235. The SMILES string of the molecule is CSCc1ccc(C(=O)Nc2cc(C)c3nc(C)nn3c2)cc1. The van der Waals surface area contributed by atoms with Crippen LogP contribution in [0.3, 0.4) is 0 Å². The zero-order valence-electron chi connectivity index (χ0n) is 13.3. The molecular formula is C17H18N4OS. The minimum atomic E-state index is -0.128. The molecule has 3 aromatic rings. The summed E-state index contributed by atoms with van der Waals surface area (Å²) in [5.41, 5.74) is 4.34. The molecule has 0 radical (unpaired) electrons. The fourth-order valence-corrected chi connectivity index (χ4v) is 2.97. The van der Waals surface area contributed by atoms with Crippen molar-refractivity contribution in [1.29, 1.82) is 0 Å². The predicted octanol–water partition coefficient (Wildman–Crippen LogP) is 3.46. The largest absolute Gasteiger partial charge is 0.321 e. The molecule has 23 heavy (non-hydrogen) atoms. The van der Waals surface area contributed by atoms with Crippen molar-refractivity contribution in [2.75, 3.05) is 11.6 Å². The smallest absolute Gasteiger partial charge is 0.255 e. The molecule has 0 fully saturated rings. The molecule has 6 heteroatoms. The van der Waals surface area contributed by atoms with Crippen molar-refractivity contribution < 1.29 is 4.79 Å². The first-order valence-corrected chi connectivity index (χ1v) is 8.69. The molecule has 2 aromatic heterocycles. The predicted molar refractivity (Wildman–Crippen MR) is 94.1 cm³/mol. The number of carbonyl (C=O) groups is 1. The van der Waals surface area contributed by atoms with E-state index < -0.39 is 0 Å². The molecule has 0 aliphatic rings. The zero-order chi connectivity index (χ0) is 16.4. The van der Waals surface area contributed by atoms with E-state index in [0.717, 1.165) is 17.0 Å². The summed E-state index contributed by atoms with van der Waals surface area (Å²) in [6.07, 6.45) is 3.84. The van der Waals surface area contributed by atoms with E-state index in [1.54, 1.807) is 22.5 Å². The normalized spacial score (nSPS) is 10.9. The number of rotatable bonds is 4. The van der Waals surface area contributed by atoms with Gasteiger partial charge in [-0.25, -0.2) is 9.50 Å².